The fraction of sp³-hybridized carbons (Fsp3) is 0.296. The summed E-state index contributed by atoms with van der Waals surface area (Å²) in [5, 5.41) is 7.75. The molecule has 4 aromatic heterocycles. The molecular formula is C27H25AsClN7. The minimum atomic E-state index is 0.363. The zero-order valence-corrected chi connectivity index (χ0v) is 22.9. The van der Waals surface area contributed by atoms with Crippen molar-refractivity contribution in [1.29, 1.82) is 0 Å². The molecule has 0 bridgehead atoms. The Morgan fingerprint density at radius 2 is 1.89 bits per heavy atom. The van der Waals surface area contributed by atoms with E-state index in [9.17, 15) is 0 Å². The second-order valence-electron chi connectivity index (χ2n) is 9.83. The van der Waals surface area contributed by atoms with Crippen molar-refractivity contribution in [2.75, 3.05) is 19.6 Å². The molecule has 7 nitrogen and oxygen atoms in total. The molecule has 0 amide bonds. The van der Waals surface area contributed by atoms with E-state index in [1.165, 1.54) is 42.9 Å². The van der Waals surface area contributed by atoms with Gasteiger partial charge < -0.3 is 0 Å². The Morgan fingerprint density at radius 1 is 1.00 bits per heavy atom. The molecule has 5 aromatic rings. The van der Waals surface area contributed by atoms with Crippen LogP contribution in [-0.4, -0.2) is 71.1 Å². The summed E-state index contributed by atoms with van der Waals surface area (Å²) in [6.45, 7) is 3.71. The summed E-state index contributed by atoms with van der Waals surface area (Å²) in [5.41, 5.74) is 5.14. The van der Waals surface area contributed by atoms with Crippen molar-refractivity contribution in [3.8, 4) is 22.6 Å². The molecule has 1 saturated carbocycles. The minimum absolute atomic E-state index is 0.363. The van der Waals surface area contributed by atoms with Gasteiger partial charge in [-0.2, -0.15) is 0 Å². The molecule has 1 aliphatic heterocycles. The molecule has 0 N–H and O–H groups in total. The van der Waals surface area contributed by atoms with Gasteiger partial charge >= 0.3 is 223 Å². The molecule has 180 valence electrons. The van der Waals surface area contributed by atoms with Crippen LogP contribution in [0.15, 0.2) is 55.0 Å². The number of halogens is 1. The number of fused-ring (bicyclic) bond motifs is 2. The molecule has 5 heterocycles. The van der Waals surface area contributed by atoms with E-state index < -0.39 is 0 Å². The molecular weight excluding hydrogens is 533 g/mol. The van der Waals surface area contributed by atoms with E-state index in [-0.39, 0.29) is 0 Å². The van der Waals surface area contributed by atoms with Crippen molar-refractivity contribution in [3.05, 3.63) is 60.0 Å². The van der Waals surface area contributed by atoms with E-state index in [4.69, 9.17) is 21.7 Å². The zero-order valence-electron chi connectivity index (χ0n) is 19.7. The molecule has 0 radical (unpaired) electrons. The van der Waals surface area contributed by atoms with Crippen LogP contribution in [-0.2, 0) is 0 Å². The van der Waals surface area contributed by atoms with E-state index in [0.29, 0.717) is 11.1 Å². The number of likely N-dealkylation sites (tertiary alicyclic amines) is 1. The summed E-state index contributed by atoms with van der Waals surface area (Å²) >= 11 is 8.32. The first-order chi connectivity index (χ1) is 17.6. The van der Waals surface area contributed by atoms with Gasteiger partial charge in [-0.25, -0.2) is 0 Å². The van der Waals surface area contributed by atoms with E-state index in [1.54, 1.807) is 12.5 Å². The number of aromatic nitrogens is 6. The van der Waals surface area contributed by atoms with E-state index >= 15 is 0 Å². The van der Waals surface area contributed by atoms with Gasteiger partial charge in [0.05, 0.1) is 0 Å². The molecule has 2 aliphatic rings. The van der Waals surface area contributed by atoms with E-state index in [1.807, 2.05) is 42.5 Å². The van der Waals surface area contributed by atoms with E-state index in [0.717, 1.165) is 67.8 Å². The third kappa shape index (κ3) is 3.81. The average molecular weight is 558 g/mol. The summed E-state index contributed by atoms with van der Waals surface area (Å²) in [4.78, 5) is 21.1. The number of nitrogens with zero attached hydrogens (tertiary/aromatic N) is 7. The third-order valence-corrected chi connectivity index (χ3v) is 8.73. The molecule has 1 aliphatic carbocycles. The molecule has 9 heteroatoms. The Bertz CT molecular complexity index is 1590. The van der Waals surface area contributed by atoms with Gasteiger partial charge in [0.1, 0.15) is 0 Å². The van der Waals surface area contributed by atoms with Crippen LogP contribution >= 0.6 is 11.6 Å². The van der Waals surface area contributed by atoms with E-state index in [2.05, 4.69) is 24.5 Å². The number of hydrogen-bond acceptors (Lipinski definition) is 6. The van der Waals surface area contributed by atoms with Crippen molar-refractivity contribution >= 4 is 54.9 Å². The van der Waals surface area contributed by atoms with Crippen LogP contribution in [0, 0.1) is 5.92 Å². The van der Waals surface area contributed by atoms with Gasteiger partial charge in [0.2, 0.25) is 0 Å². The van der Waals surface area contributed by atoms with Crippen LogP contribution < -0.4 is 4.48 Å². The van der Waals surface area contributed by atoms with Crippen molar-refractivity contribution in [1.82, 2.24) is 34.6 Å². The normalized spacial score (nSPS) is 19.9. The predicted molar refractivity (Wildman–Crippen MR) is 145 cm³/mol. The molecule has 7 rings (SSSR count). The standard InChI is InChI=1S/C27H25AsClN7/c28-26-24-25(34-36(27(24)32-15-31-26)18-10-16(11-18)14-35-8-3-9-35)19-13-23-17(12-20(19)29)5-6-22(33-23)21-4-1-2-7-30-21/h1-2,4-7,12-13,15-16,18H,3,8-11,14,28H2. The fourth-order valence-electron chi connectivity index (χ4n) is 5.40. The molecule has 1 atom stereocenters. The SMILES string of the molecule is Clc1cc2ccc(-c3ccccn3)nc2cc1-c1nn(C2CC(CN3CCC3)C2)c2ncnc([AsH2])c12. The molecule has 1 aromatic carbocycles. The molecule has 36 heavy (non-hydrogen) atoms. The second-order valence-corrected chi connectivity index (χ2v) is 11.4. The monoisotopic (exact) mass is 557 g/mol. The summed E-state index contributed by atoms with van der Waals surface area (Å²) in [7, 11) is 0. The molecule has 0 spiro atoms. The van der Waals surface area contributed by atoms with Crippen molar-refractivity contribution in [2.24, 2.45) is 5.92 Å². The summed E-state index contributed by atoms with van der Waals surface area (Å²) in [6.07, 6.45) is 7.06. The number of benzene rings is 1. The Hall–Kier alpha value is -2.86. The predicted octanol–water partition coefficient (Wildman–Crippen LogP) is 3.67. The number of rotatable bonds is 5. The van der Waals surface area contributed by atoms with Crippen molar-refractivity contribution in [3.63, 3.8) is 0 Å². The van der Waals surface area contributed by atoms with Gasteiger partial charge in [-0.3, -0.25) is 0 Å². The van der Waals surface area contributed by atoms with Gasteiger partial charge in [-0.05, 0) is 0 Å². The van der Waals surface area contributed by atoms with Gasteiger partial charge in [-0.1, -0.05) is 0 Å². The number of pyridine rings is 2. The first kappa shape index (κ1) is 22.3. The topological polar surface area (TPSA) is 72.6 Å². The van der Waals surface area contributed by atoms with Crippen LogP contribution in [0.25, 0.3) is 44.6 Å². The Balaban J connectivity index is 1.30. The van der Waals surface area contributed by atoms with Crippen molar-refractivity contribution in [2.45, 2.75) is 25.3 Å². The van der Waals surface area contributed by atoms with Crippen LogP contribution in [0.5, 0.6) is 0 Å². The second kappa shape index (κ2) is 8.91. The fourth-order valence-corrected chi connectivity index (χ4v) is 6.36. The van der Waals surface area contributed by atoms with Crippen LogP contribution in [0.4, 0.5) is 0 Å². The summed E-state index contributed by atoms with van der Waals surface area (Å²) in [6, 6.07) is 14.3. The maximum absolute atomic E-state index is 6.86. The number of hydrogen-bond donors (Lipinski definition) is 0. The van der Waals surface area contributed by atoms with Crippen LogP contribution in [0.2, 0.25) is 5.02 Å². The molecule has 2 fully saturated rings. The summed E-state index contributed by atoms with van der Waals surface area (Å²) < 4.78 is 3.09. The first-order valence-corrected chi connectivity index (χ1v) is 14.0. The maximum atomic E-state index is 6.86. The van der Waals surface area contributed by atoms with Crippen LogP contribution in [0.1, 0.15) is 25.3 Å². The quantitative estimate of drug-likeness (QED) is 0.307. The third-order valence-electron chi connectivity index (χ3n) is 7.50. The zero-order chi connectivity index (χ0) is 24.2. The Morgan fingerprint density at radius 3 is 2.67 bits per heavy atom. The van der Waals surface area contributed by atoms with Gasteiger partial charge in [0, 0.05) is 0 Å². The van der Waals surface area contributed by atoms with Crippen molar-refractivity contribution < 1.29 is 0 Å². The molecule has 1 saturated heterocycles. The Labute approximate surface area is 222 Å². The van der Waals surface area contributed by atoms with Crippen LogP contribution in [0.3, 0.4) is 0 Å². The van der Waals surface area contributed by atoms with Gasteiger partial charge in [0.25, 0.3) is 0 Å². The first-order valence-electron chi connectivity index (χ1n) is 12.4. The summed E-state index contributed by atoms with van der Waals surface area (Å²) in [5.74, 6) is 0.739. The molecule has 1 unspecified atom stereocenters. The average Bonchev–Trinajstić information content (AvgIpc) is 3.22. The Kier molecular flexibility index (Phi) is 5.53. The van der Waals surface area contributed by atoms with Gasteiger partial charge in [-0.15, -0.1) is 0 Å². The van der Waals surface area contributed by atoms with Gasteiger partial charge in [0.15, 0.2) is 0 Å².